The van der Waals surface area contributed by atoms with Crippen molar-refractivity contribution in [3.05, 3.63) is 130 Å². The lowest BCUT2D eigenvalue weighted by molar-refractivity contribution is 0.0356. The maximum Gasteiger partial charge on any atom is 0.340 e. The third-order valence-electron chi connectivity index (χ3n) is 6.14. The Morgan fingerprint density at radius 2 is 0.914 bits per heavy atom. The minimum Gasteiger partial charge on any atom is -0.457 e. The van der Waals surface area contributed by atoms with Crippen molar-refractivity contribution in [1.82, 2.24) is 0 Å². The van der Waals surface area contributed by atoms with Crippen molar-refractivity contribution in [1.29, 1.82) is 0 Å². The van der Waals surface area contributed by atoms with Gasteiger partial charge in [0.2, 0.25) is 10.1 Å². The largest absolute Gasteiger partial charge is 0.457 e. The minimum atomic E-state index is -1.38. The molecule has 6 rings (SSSR count). The van der Waals surface area contributed by atoms with Gasteiger partial charge in [0.15, 0.2) is 0 Å². The molecule has 0 aromatic heterocycles. The molecule has 0 saturated heterocycles. The number of rotatable bonds is 4. The number of esters is 2. The van der Waals surface area contributed by atoms with E-state index in [1.807, 2.05) is 12.1 Å². The molecule has 5 nitrogen and oxygen atoms in total. The van der Waals surface area contributed by atoms with E-state index in [9.17, 15) is 9.59 Å². The van der Waals surface area contributed by atoms with E-state index < -0.39 is 22.1 Å². The molecule has 0 spiro atoms. The zero-order valence-electron chi connectivity index (χ0n) is 18.0. The Kier molecular flexibility index (Phi) is 4.88. The average molecular weight is 503 g/mol. The van der Waals surface area contributed by atoms with Gasteiger partial charge in [-0.1, -0.05) is 59.6 Å². The summed E-state index contributed by atoms with van der Waals surface area (Å²) in [6.07, 6.45) is 0. The summed E-state index contributed by atoms with van der Waals surface area (Å²) in [4.78, 5) is 24.5. The van der Waals surface area contributed by atoms with E-state index >= 15 is 0 Å². The van der Waals surface area contributed by atoms with Crippen LogP contribution in [0.5, 0.6) is 11.5 Å². The Morgan fingerprint density at radius 3 is 1.31 bits per heavy atom. The molecule has 0 saturated carbocycles. The zero-order chi connectivity index (χ0) is 24.2. The fourth-order valence-corrected chi connectivity index (χ4v) is 5.12. The van der Waals surface area contributed by atoms with Gasteiger partial charge in [-0.3, -0.25) is 0 Å². The number of hydrogen-bond acceptors (Lipinski definition) is 5. The van der Waals surface area contributed by atoms with E-state index in [1.54, 1.807) is 84.9 Å². The molecular formula is C28H16Cl2O5. The standard InChI is InChI=1S/C28H16Cl2O5/c29-27(23-7-3-1-5-21(23)25(31)34-27)17-9-13-19(14-10-17)33-20-15-11-18(12-16-20)28(30)24-8-4-2-6-22(24)26(32)35-28/h1-16H. The van der Waals surface area contributed by atoms with Crippen LogP contribution in [-0.2, 0) is 19.6 Å². The normalized spacial score (nSPS) is 22.2. The number of alkyl halides is 2. The van der Waals surface area contributed by atoms with Gasteiger partial charge in [0, 0.05) is 22.3 Å². The molecule has 0 aliphatic carbocycles. The van der Waals surface area contributed by atoms with Crippen molar-refractivity contribution in [2.75, 3.05) is 0 Å². The number of ether oxygens (including phenoxy) is 3. The van der Waals surface area contributed by atoms with Crippen LogP contribution in [0.4, 0.5) is 0 Å². The Labute approximate surface area is 210 Å². The molecule has 0 bridgehead atoms. The molecule has 172 valence electrons. The van der Waals surface area contributed by atoms with Gasteiger partial charge in [0.25, 0.3) is 0 Å². The molecule has 7 heteroatoms. The number of hydrogen-bond donors (Lipinski definition) is 0. The molecule has 2 unspecified atom stereocenters. The molecule has 2 aliphatic rings. The summed E-state index contributed by atoms with van der Waals surface area (Å²) in [7, 11) is 0. The van der Waals surface area contributed by atoms with Crippen LogP contribution in [0, 0.1) is 0 Å². The Hall–Kier alpha value is -3.80. The Morgan fingerprint density at radius 1 is 0.543 bits per heavy atom. The molecule has 0 radical (unpaired) electrons. The lowest BCUT2D eigenvalue weighted by Gasteiger charge is -2.22. The summed E-state index contributed by atoms with van der Waals surface area (Å²) in [6.45, 7) is 0. The van der Waals surface area contributed by atoms with Gasteiger partial charge in [-0.25, -0.2) is 9.59 Å². The highest BCUT2D eigenvalue weighted by Gasteiger charge is 2.46. The van der Waals surface area contributed by atoms with Gasteiger partial charge >= 0.3 is 11.9 Å². The highest BCUT2D eigenvalue weighted by atomic mass is 35.5. The first-order valence-electron chi connectivity index (χ1n) is 10.8. The van der Waals surface area contributed by atoms with Gasteiger partial charge in [-0.05, 0) is 60.7 Å². The first kappa shape index (κ1) is 21.7. The summed E-state index contributed by atoms with van der Waals surface area (Å²) in [5.74, 6) is 0.225. The predicted molar refractivity (Wildman–Crippen MR) is 130 cm³/mol. The van der Waals surface area contributed by atoms with Crippen LogP contribution in [0.3, 0.4) is 0 Å². The average Bonchev–Trinajstić information content (AvgIpc) is 3.31. The van der Waals surface area contributed by atoms with Crippen LogP contribution < -0.4 is 4.74 Å². The van der Waals surface area contributed by atoms with Gasteiger partial charge < -0.3 is 14.2 Å². The first-order chi connectivity index (χ1) is 16.9. The van der Waals surface area contributed by atoms with Crippen LogP contribution in [0.15, 0.2) is 97.1 Å². The van der Waals surface area contributed by atoms with E-state index in [4.69, 9.17) is 37.4 Å². The molecular weight excluding hydrogens is 487 g/mol. The van der Waals surface area contributed by atoms with Crippen LogP contribution in [0.25, 0.3) is 0 Å². The summed E-state index contributed by atoms with van der Waals surface area (Å²) < 4.78 is 17.0. The summed E-state index contributed by atoms with van der Waals surface area (Å²) in [5.41, 5.74) is 3.36. The summed E-state index contributed by atoms with van der Waals surface area (Å²) in [5, 5.41) is -2.75. The Bertz CT molecular complexity index is 1370. The van der Waals surface area contributed by atoms with Gasteiger partial charge in [-0.2, -0.15) is 0 Å². The topological polar surface area (TPSA) is 61.8 Å². The first-order valence-corrected chi connectivity index (χ1v) is 11.6. The smallest absolute Gasteiger partial charge is 0.340 e. The molecule has 4 aromatic carbocycles. The van der Waals surface area contributed by atoms with E-state index in [1.165, 1.54) is 0 Å². The number of benzene rings is 4. The third-order valence-corrected chi connectivity index (χ3v) is 7.14. The molecule has 35 heavy (non-hydrogen) atoms. The van der Waals surface area contributed by atoms with E-state index in [0.29, 0.717) is 44.9 Å². The second-order valence-electron chi connectivity index (χ2n) is 8.21. The maximum absolute atomic E-state index is 12.2. The van der Waals surface area contributed by atoms with Crippen LogP contribution in [0.1, 0.15) is 43.0 Å². The number of cyclic esters (lactones) is 2. The quantitative estimate of drug-likeness (QED) is 0.229. The second-order valence-corrected chi connectivity index (χ2v) is 9.28. The lowest BCUT2D eigenvalue weighted by Crippen LogP contribution is -2.20. The third kappa shape index (κ3) is 3.39. The van der Waals surface area contributed by atoms with Crippen LogP contribution in [-0.4, -0.2) is 11.9 Å². The zero-order valence-corrected chi connectivity index (χ0v) is 19.5. The van der Waals surface area contributed by atoms with Crippen molar-refractivity contribution in [2.24, 2.45) is 0 Å². The summed E-state index contributed by atoms with van der Waals surface area (Å²) >= 11 is 13.5. The summed E-state index contributed by atoms with van der Waals surface area (Å²) in [6, 6.07) is 28.2. The minimum absolute atomic E-state index is 0.454. The second kappa shape index (κ2) is 7.87. The molecule has 4 aromatic rings. The lowest BCUT2D eigenvalue weighted by atomic mass is 9.98. The van der Waals surface area contributed by atoms with Crippen molar-refractivity contribution in [3.8, 4) is 11.5 Å². The maximum atomic E-state index is 12.2. The fraction of sp³-hybridized carbons (Fsp3) is 0.0714. The molecule has 0 N–H and O–H groups in total. The Balaban J connectivity index is 1.22. The van der Waals surface area contributed by atoms with Gasteiger partial charge in [0.1, 0.15) is 11.5 Å². The molecule has 2 atom stereocenters. The number of carbonyl (C=O) groups is 2. The molecule has 0 amide bonds. The SMILES string of the molecule is O=C1OC(Cl)(c2ccc(Oc3ccc(C4(Cl)OC(=O)c5ccccc54)cc3)cc2)c2ccccc21. The number of fused-ring (bicyclic) bond motifs is 2. The van der Waals surface area contributed by atoms with Crippen LogP contribution in [0.2, 0.25) is 0 Å². The molecule has 0 fully saturated rings. The predicted octanol–water partition coefficient (Wildman–Crippen LogP) is 6.70. The monoisotopic (exact) mass is 502 g/mol. The molecule has 2 aliphatic heterocycles. The van der Waals surface area contributed by atoms with Crippen molar-refractivity contribution >= 4 is 35.1 Å². The van der Waals surface area contributed by atoms with E-state index in [-0.39, 0.29) is 0 Å². The highest BCUT2D eigenvalue weighted by Crippen LogP contribution is 2.47. The molecule has 2 heterocycles. The van der Waals surface area contributed by atoms with Crippen molar-refractivity contribution in [2.45, 2.75) is 10.1 Å². The number of carbonyl (C=O) groups excluding carboxylic acids is 2. The van der Waals surface area contributed by atoms with Gasteiger partial charge in [-0.15, -0.1) is 0 Å². The fourth-order valence-electron chi connectivity index (χ4n) is 4.40. The van der Waals surface area contributed by atoms with E-state index in [2.05, 4.69) is 0 Å². The number of halogens is 2. The van der Waals surface area contributed by atoms with Crippen LogP contribution >= 0.6 is 23.2 Å². The highest BCUT2D eigenvalue weighted by molar-refractivity contribution is 6.28. The van der Waals surface area contributed by atoms with Gasteiger partial charge in [0.05, 0.1) is 11.1 Å². The van der Waals surface area contributed by atoms with Crippen molar-refractivity contribution in [3.63, 3.8) is 0 Å². The van der Waals surface area contributed by atoms with Crippen molar-refractivity contribution < 1.29 is 23.8 Å². The van der Waals surface area contributed by atoms with E-state index in [0.717, 1.165) is 0 Å².